The maximum atomic E-state index is 12.1. The van der Waals surface area contributed by atoms with Crippen LogP contribution in [-0.4, -0.2) is 45.0 Å². The molecule has 22 heavy (non-hydrogen) atoms. The summed E-state index contributed by atoms with van der Waals surface area (Å²) in [5.74, 6) is 0.645. The molecule has 1 aliphatic carbocycles. The molecule has 0 bridgehead atoms. The van der Waals surface area contributed by atoms with Crippen molar-refractivity contribution in [2.75, 3.05) is 12.3 Å². The van der Waals surface area contributed by atoms with Crippen LogP contribution in [0, 0.1) is 5.41 Å². The minimum absolute atomic E-state index is 0.00871. The molecule has 130 valence electrons. The van der Waals surface area contributed by atoms with Crippen LogP contribution in [0.15, 0.2) is 0 Å². The van der Waals surface area contributed by atoms with Crippen molar-refractivity contribution in [1.82, 2.24) is 10.6 Å². The first-order chi connectivity index (χ1) is 10.2. The number of carbonyl (C=O) groups is 1. The van der Waals surface area contributed by atoms with Crippen LogP contribution in [0.2, 0.25) is 0 Å². The van der Waals surface area contributed by atoms with E-state index in [1.807, 2.05) is 20.8 Å². The van der Waals surface area contributed by atoms with Crippen molar-refractivity contribution in [3.8, 4) is 0 Å². The van der Waals surface area contributed by atoms with E-state index in [1.165, 1.54) is 0 Å². The van der Waals surface area contributed by atoms with E-state index in [0.29, 0.717) is 18.7 Å². The lowest BCUT2D eigenvalue weighted by Gasteiger charge is -2.32. The van der Waals surface area contributed by atoms with Crippen LogP contribution in [-0.2, 0) is 10.8 Å². The van der Waals surface area contributed by atoms with Gasteiger partial charge in [0.2, 0.25) is 0 Å². The Kier molecular flexibility index (Phi) is 7.83. The van der Waals surface area contributed by atoms with Gasteiger partial charge in [0.1, 0.15) is 0 Å². The minimum Gasteiger partial charge on any atom is -0.393 e. The van der Waals surface area contributed by atoms with Gasteiger partial charge in [-0.3, -0.25) is 4.21 Å². The Morgan fingerprint density at radius 1 is 1.36 bits per heavy atom. The predicted molar refractivity (Wildman–Crippen MR) is 91.3 cm³/mol. The SMILES string of the molecule is CCS(=O)C1CCCCC1NC(=O)NCC(C)(C)CC(C)O. The first kappa shape index (κ1) is 19.4. The fourth-order valence-corrected chi connectivity index (χ4v) is 4.63. The standard InChI is InChI=1S/C16H32N2O3S/c1-5-22(21)14-9-7-6-8-13(14)18-15(20)17-11-16(3,4)10-12(2)19/h12-14,19H,5-11H2,1-4H3,(H2,17,18,20). The number of nitrogens with one attached hydrogen (secondary N) is 2. The molecule has 0 spiro atoms. The van der Waals surface area contributed by atoms with Crippen molar-refractivity contribution >= 4 is 16.8 Å². The second kappa shape index (κ2) is 8.87. The maximum Gasteiger partial charge on any atom is 0.315 e. The summed E-state index contributed by atoms with van der Waals surface area (Å²) >= 11 is 0. The van der Waals surface area contributed by atoms with E-state index in [-0.39, 0.29) is 28.8 Å². The largest absolute Gasteiger partial charge is 0.393 e. The van der Waals surface area contributed by atoms with Crippen molar-refractivity contribution in [3.05, 3.63) is 0 Å². The van der Waals surface area contributed by atoms with Crippen LogP contribution < -0.4 is 10.6 Å². The molecule has 5 nitrogen and oxygen atoms in total. The Hall–Kier alpha value is -0.620. The Morgan fingerprint density at radius 3 is 2.59 bits per heavy atom. The Labute approximate surface area is 137 Å². The third-order valence-corrected chi connectivity index (χ3v) is 6.03. The fourth-order valence-electron chi connectivity index (χ4n) is 3.20. The summed E-state index contributed by atoms with van der Waals surface area (Å²) in [6, 6.07) is -0.182. The highest BCUT2D eigenvalue weighted by atomic mass is 32.2. The lowest BCUT2D eigenvalue weighted by Crippen LogP contribution is -2.51. The topological polar surface area (TPSA) is 78.4 Å². The second-order valence-electron chi connectivity index (χ2n) is 7.14. The molecule has 1 fully saturated rings. The summed E-state index contributed by atoms with van der Waals surface area (Å²) in [4.78, 5) is 12.1. The lowest BCUT2D eigenvalue weighted by atomic mass is 9.87. The van der Waals surface area contributed by atoms with Crippen LogP contribution in [0.5, 0.6) is 0 Å². The molecule has 0 heterocycles. The monoisotopic (exact) mass is 332 g/mol. The normalized spacial score (nSPS) is 25.3. The van der Waals surface area contributed by atoms with Crippen molar-refractivity contribution in [1.29, 1.82) is 0 Å². The number of carbonyl (C=O) groups excluding carboxylic acids is 1. The number of aliphatic hydroxyl groups excluding tert-OH is 1. The smallest absolute Gasteiger partial charge is 0.315 e. The Balaban J connectivity index is 2.47. The minimum atomic E-state index is -0.864. The van der Waals surface area contributed by atoms with Gasteiger partial charge in [0.05, 0.1) is 11.4 Å². The fraction of sp³-hybridized carbons (Fsp3) is 0.938. The summed E-state index contributed by atoms with van der Waals surface area (Å²) in [5.41, 5.74) is -0.149. The van der Waals surface area contributed by atoms with Crippen LogP contribution >= 0.6 is 0 Å². The number of urea groups is 1. The van der Waals surface area contributed by atoms with E-state index >= 15 is 0 Å². The number of amides is 2. The highest BCUT2D eigenvalue weighted by molar-refractivity contribution is 7.85. The maximum absolute atomic E-state index is 12.1. The zero-order chi connectivity index (χ0) is 16.8. The summed E-state index contributed by atoms with van der Waals surface area (Å²) in [6.07, 6.45) is 4.27. The number of aliphatic hydroxyl groups is 1. The van der Waals surface area contributed by atoms with Gasteiger partial charge in [0.15, 0.2) is 0 Å². The van der Waals surface area contributed by atoms with Crippen LogP contribution in [0.3, 0.4) is 0 Å². The molecule has 1 aliphatic rings. The predicted octanol–water partition coefficient (Wildman–Crippen LogP) is 2.16. The van der Waals surface area contributed by atoms with Gasteiger partial charge in [-0.1, -0.05) is 33.6 Å². The van der Waals surface area contributed by atoms with E-state index < -0.39 is 10.8 Å². The van der Waals surface area contributed by atoms with Crippen molar-refractivity contribution in [2.45, 2.75) is 77.2 Å². The van der Waals surface area contributed by atoms with E-state index in [9.17, 15) is 14.1 Å². The number of hydrogen-bond donors (Lipinski definition) is 3. The molecule has 6 heteroatoms. The van der Waals surface area contributed by atoms with Crippen LogP contribution in [0.1, 0.15) is 59.8 Å². The highest BCUT2D eigenvalue weighted by Crippen LogP contribution is 2.23. The molecular weight excluding hydrogens is 300 g/mol. The van der Waals surface area contributed by atoms with Gasteiger partial charge in [0.25, 0.3) is 0 Å². The molecule has 4 atom stereocenters. The molecule has 1 saturated carbocycles. The average molecular weight is 333 g/mol. The number of rotatable bonds is 7. The summed E-state index contributed by atoms with van der Waals surface area (Å²) in [5, 5.41) is 15.5. The van der Waals surface area contributed by atoms with Gasteiger partial charge >= 0.3 is 6.03 Å². The lowest BCUT2D eigenvalue weighted by molar-refractivity contribution is 0.128. The molecule has 0 saturated heterocycles. The molecule has 0 radical (unpaired) electrons. The van der Waals surface area contributed by atoms with E-state index in [4.69, 9.17) is 0 Å². The highest BCUT2D eigenvalue weighted by Gasteiger charge is 2.30. The summed E-state index contributed by atoms with van der Waals surface area (Å²) in [7, 11) is -0.864. The van der Waals surface area contributed by atoms with Gasteiger partial charge in [-0.2, -0.15) is 0 Å². The molecule has 4 unspecified atom stereocenters. The third-order valence-electron chi connectivity index (χ3n) is 4.22. The van der Waals surface area contributed by atoms with Crippen LogP contribution in [0.4, 0.5) is 4.79 Å². The molecule has 1 rings (SSSR count). The van der Waals surface area contributed by atoms with Gasteiger partial charge in [0, 0.05) is 29.1 Å². The van der Waals surface area contributed by atoms with Gasteiger partial charge in [-0.25, -0.2) is 4.79 Å². The second-order valence-corrected chi connectivity index (χ2v) is 9.09. The summed E-state index contributed by atoms with van der Waals surface area (Å²) in [6.45, 7) is 8.25. The van der Waals surface area contributed by atoms with E-state index in [1.54, 1.807) is 6.92 Å². The molecule has 0 aromatic carbocycles. The van der Waals surface area contributed by atoms with Crippen molar-refractivity contribution in [3.63, 3.8) is 0 Å². The van der Waals surface area contributed by atoms with Gasteiger partial charge in [-0.15, -0.1) is 0 Å². The van der Waals surface area contributed by atoms with Crippen molar-refractivity contribution < 1.29 is 14.1 Å². The molecule has 3 N–H and O–H groups in total. The Morgan fingerprint density at radius 2 is 2.00 bits per heavy atom. The van der Waals surface area contributed by atoms with E-state index in [2.05, 4.69) is 10.6 Å². The Bertz CT molecular complexity index is 386. The molecule has 0 aromatic heterocycles. The van der Waals surface area contributed by atoms with Gasteiger partial charge < -0.3 is 15.7 Å². The average Bonchev–Trinajstić information content (AvgIpc) is 2.44. The van der Waals surface area contributed by atoms with Gasteiger partial charge in [-0.05, 0) is 31.6 Å². The number of hydrogen-bond acceptors (Lipinski definition) is 3. The zero-order valence-corrected chi connectivity index (χ0v) is 15.2. The van der Waals surface area contributed by atoms with E-state index in [0.717, 1.165) is 25.7 Å². The van der Waals surface area contributed by atoms with Crippen LogP contribution in [0.25, 0.3) is 0 Å². The quantitative estimate of drug-likeness (QED) is 0.668. The zero-order valence-electron chi connectivity index (χ0n) is 14.4. The first-order valence-electron chi connectivity index (χ1n) is 8.35. The first-order valence-corrected chi connectivity index (χ1v) is 9.73. The molecular formula is C16H32N2O3S. The third kappa shape index (κ3) is 6.65. The van der Waals surface area contributed by atoms with Crippen molar-refractivity contribution in [2.24, 2.45) is 5.41 Å². The summed E-state index contributed by atoms with van der Waals surface area (Å²) < 4.78 is 12.1. The molecule has 0 aliphatic heterocycles. The molecule has 2 amide bonds. The molecule has 0 aromatic rings.